The van der Waals surface area contributed by atoms with Crippen molar-refractivity contribution in [3.63, 3.8) is 0 Å². The number of para-hydroxylation sites is 1. The Bertz CT molecular complexity index is 1190. The second-order valence-electron chi connectivity index (χ2n) is 7.48. The van der Waals surface area contributed by atoms with Crippen molar-refractivity contribution < 1.29 is 17.9 Å². The number of methoxy groups -OCH3 is 1. The number of carbonyl (C=O) groups excluding carboxylic acids is 1. The summed E-state index contributed by atoms with van der Waals surface area (Å²) < 4.78 is 30.9. The van der Waals surface area contributed by atoms with E-state index in [9.17, 15) is 13.2 Å². The average molecular weight is 457 g/mol. The van der Waals surface area contributed by atoms with E-state index >= 15 is 0 Å². The summed E-state index contributed by atoms with van der Waals surface area (Å²) in [6, 6.07) is 17.0. The summed E-state index contributed by atoms with van der Waals surface area (Å²) in [5.74, 6) is 0.643. The number of amides is 1. The number of carbonyl (C=O) groups is 1. The number of ether oxygens (including phenoxy) is 1. The third-order valence-corrected chi connectivity index (χ3v) is 7.39. The molecular weight excluding hydrogens is 432 g/mol. The molecule has 31 heavy (non-hydrogen) atoms. The molecule has 2 aromatic carbocycles. The first-order valence-electron chi connectivity index (χ1n) is 9.91. The number of thiophene rings is 1. The van der Waals surface area contributed by atoms with Crippen LogP contribution in [0, 0.1) is 0 Å². The second kappa shape index (κ2) is 8.72. The molecule has 162 valence electrons. The Labute approximate surface area is 186 Å². The van der Waals surface area contributed by atoms with Crippen LogP contribution < -0.4 is 9.04 Å². The molecular formula is C23H24N2O4S2. The standard InChI is InChI=1S/C23H24N2O4S2/c1-29-22-8-4-3-6-19(22)15-24(16-20-7-5-13-30-20)23(26)18-9-10-21-17(14-18)11-12-25(21)31(2,27)28/h3-10,13-14H,11-12,15-16H2,1-2H3. The van der Waals surface area contributed by atoms with Crippen molar-refractivity contribution in [1.82, 2.24) is 4.90 Å². The van der Waals surface area contributed by atoms with E-state index in [0.29, 0.717) is 37.3 Å². The van der Waals surface area contributed by atoms with Gasteiger partial charge in [0.05, 0.1) is 32.1 Å². The zero-order valence-electron chi connectivity index (χ0n) is 17.4. The highest BCUT2D eigenvalue weighted by atomic mass is 32.2. The largest absolute Gasteiger partial charge is 0.496 e. The second-order valence-corrected chi connectivity index (χ2v) is 10.4. The van der Waals surface area contributed by atoms with E-state index in [2.05, 4.69) is 0 Å². The smallest absolute Gasteiger partial charge is 0.254 e. The summed E-state index contributed by atoms with van der Waals surface area (Å²) in [7, 11) is -1.70. The van der Waals surface area contributed by atoms with Gasteiger partial charge in [0.15, 0.2) is 0 Å². The molecule has 1 aliphatic heterocycles. The molecule has 6 nitrogen and oxygen atoms in total. The van der Waals surface area contributed by atoms with Gasteiger partial charge in [-0.15, -0.1) is 11.3 Å². The molecule has 0 saturated carbocycles. The molecule has 2 heterocycles. The highest BCUT2D eigenvalue weighted by molar-refractivity contribution is 7.92. The predicted octanol–water partition coefficient (Wildman–Crippen LogP) is 3.92. The lowest BCUT2D eigenvalue weighted by atomic mass is 10.1. The summed E-state index contributed by atoms with van der Waals surface area (Å²) in [5, 5.41) is 2.00. The third-order valence-electron chi connectivity index (χ3n) is 5.35. The normalized spacial score (nSPS) is 13.2. The number of hydrogen-bond acceptors (Lipinski definition) is 5. The van der Waals surface area contributed by atoms with E-state index in [1.54, 1.807) is 35.5 Å². The van der Waals surface area contributed by atoms with E-state index in [4.69, 9.17) is 4.74 Å². The van der Waals surface area contributed by atoms with Crippen molar-refractivity contribution in [2.24, 2.45) is 0 Å². The first-order chi connectivity index (χ1) is 14.9. The lowest BCUT2D eigenvalue weighted by Gasteiger charge is -2.24. The number of hydrogen-bond donors (Lipinski definition) is 0. The number of anilines is 1. The average Bonchev–Trinajstić information content (AvgIpc) is 3.42. The lowest BCUT2D eigenvalue weighted by Crippen LogP contribution is -2.30. The SMILES string of the molecule is COc1ccccc1CN(Cc1cccs1)C(=O)c1ccc2c(c1)CCN2S(C)(=O)=O. The van der Waals surface area contributed by atoms with Crippen molar-refractivity contribution in [2.75, 3.05) is 24.2 Å². The molecule has 0 saturated heterocycles. The zero-order valence-corrected chi connectivity index (χ0v) is 19.1. The Hall–Kier alpha value is -2.84. The molecule has 0 aliphatic carbocycles. The number of benzene rings is 2. The molecule has 3 aromatic rings. The van der Waals surface area contributed by atoms with Crippen molar-refractivity contribution in [3.05, 3.63) is 81.5 Å². The van der Waals surface area contributed by atoms with Crippen LogP contribution in [0.5, 0.6) is 5.75 Å². The maximum Gasteiger partial charge on any atom is 0.254 e. The monoisotopic (exact) mass is 456 g/mol. The van der Waals surface area contributed by atoms with E-state index in [1.807, 2.05) is 47.8 Å². The zero-order chi connectivity index (χ0) is 22.0. The summed E-state index contributed by atoms with van der Waals surface area (Å²) >= 11 is 1.61. The van der Waals surface area contributed by atoms with Crippen LogP contribution in [0.3, 0.4) is 0 Å². The summed E-state index contributed by atoms with van der Waals surface area (Å²) in [5.41, 5.74) is 3.03. The topological polar surface area (TPSA) is 66.9 Å². The molecule has 0 atom stereocenters. The summed E-state index contributed by atoms with van der Waals surface area (Å²) in [6.45, 7) is 1.31. The maximum atomic E-state index is 13.5. The molecule has 0 fully saturated rings. The molecule has 8 heteroatoms. The van der Waals surface area contributed by atoms with E-state index < -0.39 is 10.0 Å². The lowest BCUT2D eigenvalue weighted by molar-refractivity contribution is 0.0730. The molecule has 0 unspecified atom stereocenters. The van der Waals surface area contributed by atoms with Crippen LogP contribution >= 0.6 is 11.3 Å². The number of nitrogens with zero attached hydrogens (tertiary/aromatic N) is 2. The fourth-order valence-electron chi connectivity index (χ4n) is 3.86. The molecule has 1 aliphatic rings. The van der Waals surface area contributed by atoms with E-state index in [0.717, 1.165) is 21.8 Å². The predicted molar refractivity (Wildman–Crippen MR) is 123 cm³/mol. The highest BCUT2D eigenvalue weighted by Crippen LogP contribution is 2.31. The van der Waals surface area contributed by atoms with Crippen LogP contribution in [0.2, 0.25) is 0 Å². The minimum Gasteiger partial charge on any atom is -0.496 e. The highest BCUT2D eigenvalue weighted by Gasteiger charge is 2.28. The summed E-state index contributed by atoms with van der Waals surface area (Å²) in [4.78, 5) is 16.4. The van der Waals surface area contributed by atoms with Gasteiger partial charge in [0.25, 0.3) is 5.91 Å². The quantitative estimate of drug-likeness (QED) is 0.540. The number of fused-ring (bicyclic) bond motifs is 1. The van der Waals surface area contributed by atoms with Crippen molar-refractivity contribution >= 4 is 33.0 Å². The van der Waals surface area contributed by atoms with Crippen LogP contribution in [0.25, 0.3) is 0 Å². The molecule has 0 bridgehead atoms. The molecule has 1 aromatic heterocycles. The van der Waals surface area contributed by atoms with Crippen LogP contribution in [0.15, 0.2) is 60.0 Å². The fraction of sp³-hybridized carbons (Fsp3) is 0.261. The van der Waals surface area contributed by atoms with Crippen molar-refractivity contribution in [2.45, 2.75) is 19.5 Å². The van der Waals surface area contributed by atoms with Gasteiger partial charge in [-0.3, -0.25) is 9.10 Å². The Morgan fingerprint density at radius 3 is 2.65 bits per heavy atom. The maximum absolute atomic E-state index is 13.5. The first-order valence-corrected chi connectivity index (χ1v) is 12.6. The van der Waals surface area contributed by atoms with Gasteiger partial charge in [-0.2, -0.15) is 0 Å². The minimum absolute atomic E-state index is 0.0973. The fourth-order valence-corrected chi connectivity index (χ4v) is 5.54. The molecule has 0 radical (unpaired) electrons. The van der Waals surface area contributed by atoms with Gasteiger partial charge in [-0.25, -0.2) is 8.42 Å². The Kier molecular flexibility index (Phi) is 6.02. The van der Waals surface area contributed by atoms with E-state index in [1.165, 1.54) is 10.6 Å². The van der Waals surface area contributed by atoms with Gasteiger partial charge in [0.1, 0.15) is 5.75 Å². The molecule has 1 amide bonds. The van der Waals surface area contributed by atoms with Crippen molar-refractivity contribution in [1.29, 1.82) is 0 Å². The molecule has 4 rings (SSSR count). The Morgan fingerprint density at radius 2 is 1.94 bits per heavy atom. The van der Waals surface area contributed by atoms with Crippen molar-refractivity contribution in [3.8, 4) is 5.75 Å². The third kappa shape index (κ3) is 4.60. The Morgan fingerprint density at radius 1 is 1.13 bits per heavy atom. The van der Waals surface area contributed by atoms with Crippen LogP contribution in [0.4, 0.5) is 5.69 Å². The molecule has 0 spiro atoms. The van der Waals surface area contributed by atoms with Crippen LogP contribution in [-0.4, -0.2) is 39.1 Å². The number of sulfonamides is 1. The van der Waals surface area contributed by atoms with Crippen LogP contribution in [-0.2, 0) is 29.5 Å². The first kappa shape index (κ1) is 21.4. The van der Waals surface area contributed by atoms with Gasteiger partial charge in [-0.05, 0) is 47.7 Å². The van der Waals surface area contributed by atoms with Crippen LogP contribution in [0.1, 0.15) is 26.4 Å². The minimum atomic E-state index is -3.32. The van der Waals surface area contributed by atoms with Gasteiger partial charge < -0.3 is 9.64 Å². The van der Waals surface area contributed by atoms with Gasteiger partial charge >= 0.3 is 0 Å². The van der Waals surface area contributed by atoms with Gasteiger partial charge in [0, 0.05) is 22.5 Å². The molecule has 0 N–H and O–H groups in total. The van der Waals surface area contributed by atoms with Gasteiger partial charge in [0.2, 0.25) is 10.0 Å². The summed E-state index contributed by atoms with van der Waals surface area (Å²) in [6.07, 6.45) is 1.80. The van der Waals surface area contributed by atoms with E-state index in [-0.39, 0.29) is 5.91 Å². The Balaban J connectivity index is 1.65. The van der Waals surface area contributed by atoms with Gasteiger partial charge in [-0.1, -0.05) is 24.3 Å². The number of rotatable bonds is 7.